The molecule has 2 rings (SSSR count). The first-order valence-corrected chi connectivity index (χ1v) is 8.47. The number of benzene rings is 1. The Balaban J connectivity index is 2.18. The molecule has 1 atom stereocenters. The average molecular weight is 308 g/mol. The monoisotopic (exact) mass is 308 g/mol. The number of nitrogens with zero attached hydrogens (tertiary/aromatic N) is 4. The molecule has 0 N–H and O–H groups in total. The number of hydrogen-bond acceptors (Lipinski definition) is 4. The molecule has 21 heavy (non-hydrogen) atoms. The summed E-state index contributed by atoms with van der Waals surface area (Å²) in [5.74, 6) is 0.172. The molecule has 2 aromatic rings. The van der Waals surface area contributed by atoms with Gasteiger partial charge < -0.3 is 0 Å². The molecule has 0 fully saturated rings. The fourth-order valence-electron chi connectivity index (χ4n) is 2.10. The highest BCUT2D eigenvalue weighted by Gasteiger charge is 2.23. The first-order chi connectivity index (χ1) is 9.95. The maximum absolute atomic E-state index is 12.1. The first kappa shape index (κ1) is 15.7. The van der Waals surface area contributed by atoms with Crippen LogP contribution < -0.4 is 0 Å². The van der Waals surface area contributed by atoms with Crippen LogP contribution in [0.25, 0.3) is 5.69 Å². The van der Waals surface area contributed by atoms with Crippen molar-refractivity contribution in [3.05, 3.63) is 42.5 Å². The SMILES string of the molecule is CCCS(=O)(=O)N(C)C(C)c1ccc(-n2cncn2)cc1. The van der Waals surface area contributed by atoms with E-state index in [4.69, 9.17) is 0 Å². The number of hydrogen-bond donors (Lipinski definition) is 0. The highest BCUT2D eigenvalue weighted by atomic mass is 32.2. The zero-order chi connectivity index (χ0) is 15.5. The van der Waals surface area contributed by atoms with Crippen LogP contribution in [0, 0.1) is 0 Å². The Morgan fingerprint density at radius 2 is 1.95 bits per heavy atom. The van der Waals surface area contributed by atoms with Crippen molar-refractivity contribution in [2.45, 2.75) is 26.3 Å². The van der Waals surface area contributed by atoms with Crippen LogP contribution in [0.4, 0.5) is 0 Å². The van der Waals surface area contributed by atoms with Gasteiger partial charge in [0, 0.05) is 13.1 Å². The van der Waals surface area contributed by atoms with E-state index < -0.39 is 10.0 Å². The average Bonchev–Trinajstić information content (AvgIpc) is 3.00. The molecule has 7 heteroatoms. The lowest BCUT2D eigenvalue weighted by molar-refractivity contribution is 0.398. The van der Waals surface area contributed by atoms with E-state index in [9.17, 15) is 8.42 Å². The van der Waals surface area contributed by atoms with Crippen molar-refractivity contribution >= 4 is 10.0 Å². The third-order valence-corrected chi connectivity index (χ3v) is 5.62. The van der Waals surface area contributed by atoms with Gasteiger partial charge in [0.2, 0.25) is 10.0 Å². The zero-order valence-corrected chi connectivity index (χ0v) is 13.3. The summed E-state index contributed by atoms with van der Waals surface area (Å²) >= 11 is 0. The predicted octanol–water partition coefficient (Wildman–Crippen LogP) is 2.00. The smallest absolute Gasteiger partial charge is 0.214 e. The maximum Gasteiger partial charge on any atom is 0.214 e. The van der Waals surface area contributed by atoms with Crippen LogP contribution in [0.15, 0.2) is 36.9 Å². The van der Waals surface area contributed by atoms with Gasteiger partial charge in [-0.1, -0.05) is 19.1 Å². The minimum absolute atomic E-state index is 0.172. The normalized spacial score (nSPS) is 13.5. The second-order valence-corrected chi connectivity index (χ2v) is 7.09. The van der Waals surface area contributed by atoms with E-state index in [1.807, 2.05) is 38.1 Å². The van der Waals surface area contributed by atoms with Gasteiger partial charge in [-0.05, 0) is 31.0 Å². The van der Waals surface area contributed by atoms with Crippen molar-refractivity contribution in [3.63, 3.8) is 0 Å². The number of aromatic nitrogens is 3. The second kappa shape index (κ2) is 6.36. The van der Waals surface area contributed by atoms with Crippen LogP contribution in [0.5, 0.6) is 0 Å². The Bertz CT molecular complexity index is 666. The fraction of sp³-hybridized carbons (Fsp3) is 0.429. The molecule has 1 aromatic carbocycles. The Morgan fingerprint density at radius 1 is 1.29 bits per heavy atom. The van der Waals surface area contributed by atoms with Gasteiger partial charge in [-0.2, -0.15) is 9.40 Å². The highest BCUT2D eigenvalue weighted by molar-refractivity contribution is 7.89. The van der Waals surface area contributed by atoms with Crippen LogP contribution >= 0.6 is 0 Å². The Morgan fingerprint density at radius 3 is 2.48 bits per heavy atom. The summed E-state index contributed by atoms with van der Waals surface area (Å²) in [5, 5.41) is 4.06. The summed E-state index contributed by atoms with van der Waals surface area (Å²) in [5.41, 5.74) is 1.84. The summed E-state index contributed by atoms with van der Waals surface area (Å²) in [4.78, 5) is 3.90. The summed E-state index contributed by atoms with van der Waals surface area (Å²) in [6, 6.07) is 7.44. The van der Waals surface area contributed by atoms with Crippen LogP contribution in [0.2, 0.25) is 0 Å². The zero-order valence-electron chi connectivity index (χ0n) is 12.5. The maximum atomic E-state index is 12.1. The van der Waals surface area contributed by atoms with E-state index in [1.54, 1.807) is 18.1 Å². The minimum atomic E-state index is -3.21. The minimum Gasteiger partial charge on any atom is -0.223 e. The molecular formula is C14H20N4O2S. The molecule has 0 aliphatic heterocycles. The van der Waals surface area contributed by atoms with Gasteiger partial charge in [-0.15, -0.1) is 0 Å². The summed E-state index contributed by atoms with van der Waals surface area (Å²) in [6.45, 7) is 3.75. The topological polar surface area (TPSA) is 68.1 Å². The molecule has 0 aliphatic carbocycles. The van der Waals surface area contributed by atoms with Crippen molar-refractivity contribution in [1.82, 2.24) is 19.1 Å². The molecule has 0 radical (unpaired) electrons. The summed E-state index contributed by atoms with van der Waals surface area (Å²) in [6.07, 6.45) is 3.71. The van der Waals surface area contributed by atoms with Gasteiger partial charge >= 0.3 is 0 Å². The standard InChI is InChI=1S/C14H20N4O2S/c1-4-9-21(19,20)17(3)12(2)13-5-7-14(8-6-13)18-11-15-10-16-18/h5-8,10-12H,4,9H2,1-3H3. The molecule has 0 saturated heterocycles. The Hall–Kier alpha value is -1.73. The highest BCUT2D eigenvalue weighted by Crippen LogP contribution is 2.23. The van der Waals surface area contributed by atoms with E-state index in [0.29, 0.717) is 6.42 Å². The van der Waals surface area contributed by atoms with Gasteiger partial charge in [0.1, 0.15) is 12.7 Å². The van der Waals surface area contributed by atoms with Crippen molar-refractivity contribution < 1.29 is 8.42 Å². The van der Waals surface area contributed by atoms with E-state index in [1.165, 1.54) is 10.6 Å². The van der Waals surface area contributed by atoms with Crippen LogP contribution in [-0.2, 0) is 10.0 Å². The van der Waals surface area contributed by atoms with E-state index >= 15 is 0 Å². The molecule has 1 aromatic heterocycles. The third-order valence-electron chi connectivity index (χ3n) is 3.51. The number of rotatable bonds is 6. The fourth-order valence-corrected chi connectivity index (χ4v) is 3.51. The Labute approximate surface area is 125 Å². The van der Waals surface area contributed by atoms with Crippen molar-refractivity contribution in [2.75, 3.05) is 12.8 Å². The second-order valence-electron chi connectivity index (χ2n) is 4.94. The van der Waals surface area contributed by atoms with E-state index in [-0.39, 0.29) is 11.8 Å². The van der Waals surface area contributed by atoms with Crippen molar-refractivity contribution in [2.24, 2.45) is 0 Å². The lowest BCUT2D eigenvalue weighted by atomic mass is 10.1. The van der Waals surface area contributed by atoms with Crippen LogP contribution in [-0.4, -0.2) is 40.3 Å². The first-order valence-electron chi connectivity index (χ1n) is 6.86. The van der Waals surface area contributed by atoms with Crippen LogP contribution in [0.1, 0.15) is 31.9 Å². The molecule has 0 bridgehead atoms. The summed E-state index contributed by atoms with van der Waals surface area (Å²) < 4.78 is 27.3. The Kier molecular flexibility index (Phi) is 4.74. The van der Waals surface area contributed by atoms with Gasteiger partial charge in [-0.3, -0.25) is 0 Å². The molecule has 0 amide bonds. The molecule has 0 spiro atoms. The largest absolute Gasteiger partial charge is 0.223 e. The quantitative estimate of drug-likeness (QED) is 0.818. The molecule has 1 heterocycles. The molecule has 0 aliphatic rings. The molecule has 0 saturated carbocycles. The predicted molar refractivity (Wildman–Crippen MR) is 81.6 cm³/mol. The van der Waals surface area contributed by atoms with Gasteiger partial charge in [0.05, 0.1) is 11.4 Å². The van der Waals surface area contributed by atoms with E-state index in [0.717, 1.165) is 11.3 Å². The van der Waals surface area contributed by atoms with Crippen molar-refractivity contribution in [1.29, 1.82) is 0 Å². The molecule has 6 nitrogen and oxygen atoms in total. The van der Waals surface area contributed by atoms with Crippen LogP contribution in [0.3, 0.4) is 0 Å². The lowest BCUT2D eigenvalue weighted by Crippen LogP contribution is -2.31. The number of sulfonamides is 1. The van der Waals surface area contributed by atoms with E-state index in [2.05, 4.69) is 10.1 Å². The summed E-state index contributed by atoms with van der Waals surface area (Å²) in [7, 11) is -1.58. The van der Waals surface area contributed by atoms with Crippen molar-refractivity contribution in [3.8, 4) is 5.69 Å². The van der Waals surface area contributed by atoms with Gasteiger partial charge in [0.15, 0.2) is 0 Å². The molecule has 114 valence electrons. The third kappa shape index (κ3) is 3.48. The molecule has 1 unspecified atom stereocenters. The lowest BCUT2D eigenvalue weighted by Gasteiger charge is -2.24. The van der Waals surface area contributed by atoms with Gasteiger partial charge in [0.25, 0.3) is 0 Å². The molecular weight excluding hydrogens is 288 g/mol. The van der Waals surface area contributed by atoms with Gasteiger partial charge in [-0.25, -0.2) is 18.1 Å².